The van der Waals surface area contributed by atoms with E-state index in [1.165, 1.54) is 96.6 Å². The van der Waals surface area contributed by atoms with Crippen molar-refractivity contribution in [2.45, 2.75) is 0 Å². The van der Waals surface area contributed by atoms with Gasteiger partial charge in [-0.15, -0.1) is 11.3 Å². The number of hydrogen-bond donors (Lipinski definition) is 0. The minimum Gasteiger partial charge on any atom is -0.310 e. The Balaban J connectivity index is 0.953. The zero-order valence-corrected chi connectivity index (χ0v) is 33.5. The summed E-state index contributed by atoms with van der Waals surface area (Å²) in [6.07, 6.45) is 0. The molecule has 0 atom stereocenters. The Morgan fingerprint density at radius 1 is 0.233 bits per heavy atom. The van der Waals surface area contributed by atoms with Crippen molar-refractivity contribution in [3.63, 3.8) is 0 Å². The molecule has 11 aromatic carbocycles. The quantitative estimate of drug-likeness (QED) is 0.152. The highest BCUT2D eigenvalue weighted by Gasteiger charge is 2.16. The Morgan fingerprint density at radius 2 is 0.700 bits per heavy atom. The molecule has 1 aromatic heterocycles. The van der Waals surface area contributed by atoms with Crippen molar-refractivity contribution in [3.8, 4) is 33.4 Å². The molecule has 12 rings (SSSR count). The maximum absolute atomic E-state index is 2.38. The fourth-order valence-electron chi connectivity index (χ4n) is 9.24. The van der Waals surface area contributed by atoms with Crippen molar-refractivity contribution in [1.82, 2.24) is 0 Å². The summed E-state index contributed by atoms with van der Waals surface area (Å²) in [5.41, 5.74) is 10.5. The van der Waals surface area contributed by atoms with Crippen LogP contribution in [0.1, 0.15) is 0 Å². The first-order valence-electron chi connectivity index (χ1n) is 20.6. The van der Waals surface area contributed by atoms with Crippen molar-refractivity contribution in [3.05, 3.63) is 224 Å². The Kier molecular flexibility index (Phi) is 8.11. The smallest absolute Gasteiger partial charge is 0.0467 e. The molecular weight excluding hydrogens is 743 g/mol. The first-order valence-corrected chi connectivity index (χ1v) is 21.4. The summed E-state index contributed by atoms with van der Waals surface area (Å²) in [7, 11) is 0. The second kappa shape index (κ2) is 14.1. The summed E-state index contributed by atoms with van der Waals surface area (Å²) >= 11 is 1.86. The van der Waals surface area contributed by atoms with Gasteiger partial charge in [0, 0.05) is 37.2 Å². The zero-order chi connectivity index (χ0) is 39.6. The molecule has 2 heteroatoms. The van der Waals surface area contributed by atoms with Gasteiger partial charge in [0.25, 0.3) is 0 Å². The molecule has 1 heterocycles. The van der Waals surface area contributed by atoms with E-state index in [0.29, 0.717) is 0 Å². The van der Waals surface area contributed by atoms with E-state index >= 15 is 0 Å². The lowest BCUT2D eigenvalue weighted by molar-refractivity contribution is 1.28. The van der Waals surface area contributed by atoms with E-state index < -0.39 is 0 Å². The first kappa shape index (κ1) is 34.5. The average molecular weight is 780 g/mol. The zero-order valence-electron chi connectivity index (χ0n) is 32.7. The molecule has 0 aliphatic heterocycles. The number of fused-ring (bicyclic) bond motifs is 10. The molecule has 0 fully saturated rings. The Morgan fingerprint density at radius 3 is 1.38 bits per heavy atom. The molecule has 0 unspecified atom stereocenters. The summed E-state index contributed by atoms with van der Waals surface area (Å²) in [4.78, 5) is 2.38. The van der Waals surface area contributed by atoms with Crippen LogP contribution < -0.4 is 4.90 Å². The minimum absolute atomic E-state index is 1.10. The third-order valence-corrected chi connectivity index (χ3v) is 13.4. The van der Waals surface area contributed by atoms with Gasteiger partial charge in [0.1, 0.15) is 0 Å². The minimum atomic E-state index is 1.10. The van der Waals surface area contributed by atoms with Crippen molar-refractivity contribution >= 4 is 91.7 Å². The molecule has 280 valence electrons. The number of rotatable bonds is 6. The van der Waals surface area contributed by atoms with Crippen LogP contribution in [0.4, 0.5) is 17.1 Å². The van der Waals surface area contributed by atoms with Gasteiger partial charge in [-0.2, -0.15) is 0 Å². The predicted octanol–water partition coefficient (Wildman–Crippen LogP) is 17.1. The fourth-order valence-corrected chi connectivity index (χ4v) is 10.3. The molecule has 0 aliphatic carbocycles. The van der Waals surface area contributed by atoms with Gasteiger partial charge in [-0.3, -0.25) is 0 Å². The molecule has 0 saturated heterocycles. The van der Waals surface area contributed by atoms with Crippen molar-refractivity contribution in [2.24, 2.45) is 0 Å². The highest BCUT2D eigenvalue weighted by Crippen LogP contribution is 2.42. The van der Waals surface area contributed by atoms with Crippen molar-refractivity contribution < 1.29 is 0 Å². The highest BCUT2D eigenvalue weighted by molar-refractivity contribution is 7.25. The molecule has 60 heavy (non-hydrogen) atoms. The number of benzene rings is 11. The Labute approximate surface area is 352 Å². The maximum Gasteiger partial charge on any atom is 0.0467 e. The van der Waals surface area contributed by atoms with Crippen LogP contribution in [0.15, 0.2) is 224 Å². The summed E-state index contributed by atoms with van der Waals surface area (Å²) < 4.78 is 2.65. The second-order valence-electron chi connectivity index (χ2n) is 15.7. The number of nitrogens with zero attached hydrogens (tertiary/aromatic N) is 1. The third kappa shape index (κ3) is 5.84. The highest BCUT2D eigenvalue weighted by atomic mass is 32.1. The van der Waals surface area contributed by atoms with Gasteiger partial charge in [0.15, 0.2) is 0 Å². The SMILES string of the molecule is c1cc(-c2ccc3ccccc3c2)cc(N(c2ccc(-c3ccc4sc5ccccc5c4c3)cc2)c2ccc(-c3ccc4c5ccccc5c5ccccc5c4c3)cc2)c1. The predicted molar refractivity (Wildman–Crippen MR) is 260 cm³/mol. The van der Waals surface area contributed by atoms with E-state index in [9.17, 15) is 0 Å². The molecule has 0 N–H and O–H groups in total. The Bertz CT molecular complexity index is 3560. The summed E-state index contributed by atoms with van der Waals surface area (Å²) in [6, 6.07) is 82.5. The summed E-state index contributed by atoms with van der Waals surface area (Å²) in [5, 5.41) is 12.9. The van der Waals surface area contributed by atoms with E-state index in [-0.39, 0.29) is 0 Å². The van der Waals surface area contributed by atoms with Crippen LogP contribution in [-0.4, -0.2) is 0 Å². The molecule has 0 bridgehead atoms. The first-order chi connectivity index (χ1) is 29.7. The van der Waals surface area contributed by atoms with Gasteiger partial charge in [-0.05, 0) is 143 Å². The lowest BCUT2D eigenvalue weighted by Crippen LogP contribution is -2.10. The van der Waals surface area contributed by atoms with Gasteiger partial charge in [-0.25, -0.2) is 0 Å². The van der Waals surface area contributed by atoms with Gasteiger partial charge < -0.3 is 4.90 Å². The fraction of sp³-hybridized carbons (Fsp3) is 0. The molecule has 0 saturated carbocycles. The van der Waals surface area contributed by atoms with Crippen molar-refractivity contribution in [2.75, 3.05) is 4.90 Å². The maximum atomic E-state index is 2.38. The van der Waals surface area contributed by atoms with E-state index in [1.807, 2.05) is 11.3 Å². The third-order valence-electron chi connectivity index (χ3n) is 12.2. The molecule has 1 nitrogen and oxygen atoms in total. The Hall–Kier alpha value is -7.52. The number of thiophene rings is 1. The molecule has 0 spiro atoms. The number of hydrogen-bond acceptors (Lipinski definition) is 2. The van der Waals surface area contributed by atoms with E-state index in [0.717, 1.165) is 17.1 Å². The average Bonchev–Trinajstić information content (AvgIpc) is 3.70. The van der Waals surface area contributed by atoms with Crippen LogP contribution in [0.3, 0.4) is 0 Å². The van der Waals surface area contributed by atoms with Crippen LogP contribution in [0.5, 0.6) is 0 Å². The standard InChI is InChI=1S/C58H37NS/c1-2-11-41-34-43(21-20-38(41)10-1)42-12-9-13-48(35-42)59(47-30-24-40(25-31-47)45-27-33-58-56(37-45)54-18-7-8-19-57(54)60-58)46-28-22-39(23-29-46)44-26-32-53-51-16-4-3-14-49(51)50-15-5-6-17-52(50)55(53)36-44/h1-37H. The van der Waals surface area contributed by atoms with E-state index in [2.05, 4.69) is 229 Å². The van der Waals surface area contributed by atoms with E-state index in [4.69, 9.17) is 0 Å². The van der Waals surface area contributed by atoms with Crippen LogP contribution in [0.2, 0.25) is 0 Å². The lowest BCUT2D eigenvalue weighted by atomic mass is 9.92. The topological polar surface area (TPSA) is 3.24 Å². The van der Waals surface area contributed by atoms with Gasteiger partial charge in [-0.1, -0.05) is 158 Å². The monoisotopic (exact) mass is 779 g/mol. The second-order valence-corrected chi connectivity index (χ2v) is 16.8. The molecule has 0 amide bonds. The molecule has 0 radical (unpaired) electrons. The van der Waals surface area contributed by atoms with Crippen LogP contribution in [0, 0.1) is 0 Å². The molecular formula is C58H37NS. The van der Waals surface area contributed by atoms with Crippen LogP contribution in [0.25, 0.3) is 96.6 Å². The molecule has 12 aromatic rings. The molecule has 0 aliphatic rings. The van der Waals surface area contributed by atoms with Crippen LogP contribution >= 0.6 is 11.3 Å². The summed E-state index contributed by atoms with van der Waals surface area (Å²) in [6.45, 7) is 0. The van der Waals surface area contributed by atoms with Gasteiger partial charge in [0.2, 0.25) is 0 Å². The van der Waals surface area contributed by atoms with Crippen molar-refractivity contribution in [1.29, 1.82) is 0 Å². The van der Waals surface area contributed by atoms with E-state index in [1.54, 1.807) is 0 Å². The van der Waals surface area contributed by atoms with Crippen LogP contribution in [-0.2, 0) is 0 Å². The number of anilines is 3. The van der Waals surface area contributed by atoms with Gasteiger partial charge >= 0.3 is 0 Å². The summed E-state index contributed by atoms with van der Waals surface area (Å²) in [5.74, 6) is 0. The van der Waals surface area contributed by atoms with Gasteiger partial charge in [0.05, 0.1) is 0 Å². The normalized spacial score (nSPS) is 11.7. The lowest BCUT2D eigenvalue weighted by Gasteiger charge is -2.26. The largest absolute Gasteiger partial charge is 0.310 e.